The van der Waals surface area contributed by atoms with Gasteiger partial charge in [-0.3, -0.25) is 4.79 Å². The summed E-state index contributed by atoms with van der Waals surface area (Å²) >= 11 is 0. The lowest BCUT2D eigenvalue weighted by molar-refractivity contribution is 0.103. The summed E-state index contributed by atoms with van der Waals surface area (Å²) in [6, 6.07) is 17.7. The summed E-state index contributed by atoms with van der Waals surface area (Å²) in [6.07, 6.45) is 3.97. The highest BCUT2D eigenvalue weighted by molar-refractivity contribution is 6.09. The van der Waals surface area contributed by atoms with E-state index >= 15 is 0 Å². The Morgan fingerprint density at radius 2 is 1.62 bits per heavy atom. The molecule has 2 aromatic carbocycles. The predicted molar refractivity (Wildman–Crippen MR) is 109 cm³/mol. The number of carbonyl (C=O) groups is 1. The van der Waals surface area contributed by atoms with Gasteiger partial charge < -0.3 is 9.67 Å². The van der Waals surface area contributed by atoms with Crippen LogP contribution in [0.2, 0.25) is 0 Å². The summed E-state index contributed by atoms with van der Waals surface area (Å²) < 4.78 is 1.93. The van der Waals surface area contributed by atoms with E-state index in [4.69, 9.17) is 0 Å². The molecule has 144 valence electrons. The number of rotatable bonds is 4. The summed E-state index contributed by atoms with van der Waals surface area (Å²) in [6.45, 7) is 0.737. The van der Waals surface area contributed by atoms with Gasteiger partial charge in [0.1, 0.15) is 23.2 Å². The Labute approximate surface area is 168 Å². The normalized spacial score (nSPS) is 14.3. The minimum absolute atomic E-state index is 0.0905. The highest BCUT2D eigenvalue weighted by Crippen LogP contribution is 2.26. The summed E-state index contributed by atoms with van der Waals surface area (Å²) in [5, 5.41) is 28.8. The maximum Gasteiger partial charge on any atom is 0.193 e. The third-order valence-electron chi connectivity index (χ3n) is 5.14. The second kappa shape index (κ2) is 8.11. The number of allylic oxidation sites excluding steroid dienone is 1. The summed E-state index contributed by atoms with van der Waals surface area (Å²) in [7, 11) is 0. The number of hydrogen-bond acceptors (Lipinski definition) is 5. The molecule has 0 saturated heterocycles. The highest BCUT2D eigenvalue weighted by atomic mass is 16.3. The van der Waals surface area contributed by atoms with Crippen LogP contribution in [0.15, 0.2) is 54.6 Å². The monoisotopic (exact) mass is 384 g/mol. The van der Waals surface area contributed by atoms with Gasteiger partial charge in [-0.2, -0.15) is 5.26 Å². The Kier molecular flexibility index (Phi) is 5.21. The first-order valence-electron chi connectivity index (χ1n) is 9.65. The Balaban J connectivity index is 1.67. The Hall–Kier alpha value is -3.72. The van der Waals surface area contributed by atoms with Crippen molar-refractivity contribution in [2.45, 2.75) is 32.2 Å². The molecule has 6 nitrogen and oxygen atoms in total. The van der Waals surface area contributed by atoms with E-state index in [0.717, 1.165) is 38.1 Å². The molecule has 4 rings (SSSR count). The summed E-state index contributed by atoms with van der Waals surface area (Å²) in [4.78, 5) is 12.5. The topological polar surface area (TPSA) is 91.8 Å². The van der Waals surface area contributed by atoms with Crippen LogP contribution in [0.1, 0.15) is 52.4 Å². The summed E-state index contributed by atoms with van der Waals surface area (Å²) in [5.41, 5.74) is 1.66. The molecule has 0 aliphatic carbocycles. The van der Waals surface area contributed by atoms with Gasteiger partial charge in [0.05, 0.1) is 0 Å². The van der Waals surface area contributed by atoms with Crippen LogP contribution in [-0.4, -0.2) is 25.7 Å². The molecular formula is C23H20N4O2. The first kappa shape index (κ1) is 18.6. The Morgan fingerprint density at radius 1 is 0.931 bits per heavy atom. The minimum Gasteiger partial charge on any atom is -0.506 e. The molecule has 0 fully saturated rings. The van der Waals surface area contributed by atoms with Crippen molar-refractivity contribution in [2.24, 2.45) is 0 Å². The van der Waals surface area contributed by atoms with Gasteiger partial charge in [0.25, 0.3) is 0 Å². The lowest BCUT2D eigenvalue weighted by atomic mass is 10.0. The lowest BCUT2D eigenvalue weighted by Crippen LogP contribution is -2.06. The molecule has 1 aliphatic heterocycles. The average molecular weight is 384 g/mol. The average Bonchev–Trinajstić information content (AvgIpc) is 3.01. The van der Waals surface area contributed by atoms with E-state index in [1.807, 2.05) is 22.8 Å². The van der Waals surface area contributed by atoms with Crippen molar-refractivity contribution in [1.29, 1.82) is 5.26 Å². The first-order chi connectivity index (χ1) is 14.2. The van der Waals surface area contributed by atoms with Gasteiger partial charge in [-0.05, 0) is 12.8 Å². The molecular weight excluding hydrogens is 364 g/mol. The van der Waals surface area contributed by atoms with E-state index in [1.165, 1.54) is 0 Å². The van der Waals surface area contributed by atoms with Gasteiger partial charge in [0.2, 0.25) is 0 Å². The van der Waals surface area contributed by atoms with Crippen molar-refractivity contribution in [1.82, 2.24) is 14.8 Å². The number of ketones is 1. The van der Waals surface area contributed by atoms with Crippen molar-refractivity contribution >= 4 is 17.1 Å². The lowest BCUT2D eigenvalue weighted by Gasteiger charge is -2.08. The Bertz CT molecular complexity index is 1110. The molecule has 0 atom stereocenters. The highest BCUT2D eigenvalue weighted by Gasteiger charge is 2.21. The van der Waals surface area contributed by atoms with Gasteiger partial charge in [-0.1, -0.05) is 61.0 Å². The molecule has 3 aromatic rings. The van der Waals surface area contributed by atoms with Crippen molar-refractivity contribution in [2.75, 3.05) is 0 Å². The zero-order valence-corrected chi connectivity index (χ0v) is 15.9. The number of carbonyl (C=O) groups excluding carboxylic acids is 1. The van der Waals surface area contributed by atoms with Gasteiger partial charge in [-0.25, -0.2) is 0 Å². The molecule has 0 amide bonds. The van der Waals surface area contributed by atoms with Crippen molar-refractivity contribution in [3.63, 3.8) is 0 Å². The number of benzene rings is 2. The number of fused-ring (bicyclic) bond motifs is 1. The van der Waals surface area contributed by atoms with Crippen LogP contribution in [0.25, 0.3) is 11.3 Å². The van der Waals surface area contributed by atoms with Crippen LogP contribution in [0, 0.1) is 11.3 Å². The maximum absolute atomic E-state index is 12.5. The quantitative estimate of drug-likeness (QED) is 0.414. The Morgan fingerprint density at radius 3 is 2.34 bits per heavy atom. The smallest absolute Gasteiger partial charge is 0.193 e. The van der Waals surface area contributed by atoms with E-state index in [2.05, 4.69) is 16.3 Å². The second-order valence-electron chi connectivity index (χ2n) is 7.01. The zero-order valence-electron chi connectivity index (χ0n) is 15.9. The number of hydrogen-bond donors (Lipinski definition) is 1. The predicted octanol–water partition coefficient (Wildman–Crippen LogP) is 4.19. The number of nitrogens with zero attached hydrogens (tertiary/aromatic N) is 4. The SMILES string of the molecule is N#C/C(=C(/O)c1ccc(C(=O)c2ccccc2)cc1)c1nnc2n1CCCCC2. The number of aliphatic hydroxyl groups is 1. The van der Waals surface area contributed by atoms with Crippen LogP contribution in [0.3, 0.4) is 0 Å². The molecule has 0 bridgehead atoms. The summed E-state index contributed by atoms with van der Waals surface area (Å²) in [5.74, 6) is 0.989. The molecule has 1 aliphatic rings. The fraction of sp³-hybridized carbons (Fsp3) is 0.217. The van der Waals surface area contributed by atoms with Crippen LogP contribution in [0.5, 0.6) is 0 Å². The van der Waals surface area contributed by atoms with Crippen molar-refractivity contribution < 1.29 is 9.90 Å². The second-order valence-corrected chi connectivity index (χ2v) is 7.01. The third kappa shape index (κ3) is 3.67. The third-order valence-corrected chi connectivity index (χ3v) is 5.14. The van der Waals surface area contributed by atoms with E-state index in [0.29, 0.717) is 22.5 Å². The number of aryl methyl sites for hydroxylation is 1. The van der Waals surface area contributed by atoms with Crippen LogP contribution >= 0.6 is 0 Å². The van der Waals surface area contributed by atoms with Crippen LogP contribution in [-0.2, 0) is 13.0 Å². The van der Waals surface area contributed by atoms with Crippen molar-refractivity contribution in [3.8, 4) is 6.07 Å². The number of aromatic nitrogens is 3. The van der Waals surface area contributed by atoms with E-state index in [1.54, 1.807) is 36.4 Å². The van der Waals surface area contributed by atoms with Gasteiger partial charge in [0, 0.05) is 29.7 Å². The fourth-order valence-corrected chi connectivity index (χ4v) is 3.56. The first-order valence-corrected chi connectivity index (χ1v) is 9.65. The molecule has 1 aromatic heterocycles. The van der Waals surface area contributed by atoms with Gasteiger partial charge in [-0.15, -0.1) is 10.2 Å². The van der Waals surface area contributed by atoms with Crippen molar-refractivity contribution in [3.05, 3.63) is 82.9 Å². The van der Waals surface area contributed by atoms with E-state index in [-0.39, 0.29) is 17.1 Å². The maximum atomic E-state index is 12.5. The molecule has 0 saturated carbocycles. The standard InChI is InChI=1S/C23H20N4O2/c24-15-19(23-26-25-20-9-5-2-6-14-27(20)23)22(29)18-12-10-17(11-13-18)21(28)16-7-3-1-4-8-16/h1,3-4,7-8,10-13,29H,2,5-6,9,14H2/b22-19-. The minimum atomic E-state index is -0.161. The van der Waals surface area contributed by atoms with E-state index < -0.39 is 0 Å². The molecule has 6 heteroatoms. The molecule has 1 N–H and O–H groups in total. The molecule has 29 heavy (non-hydrogen) atoms. The number of nitriles is 1. The number of aliphatic hydroxyl groups excluding tert-OH is 1. The molecule has 0 radical (unpaired) electrons. The van der Waals surface area contributed by atoms with Gasteiger partial charge in [0.15, 0.2) is 11.6 Å². The van der Waals surface area contributed by atoms with Gasteiger partial charge >= 0.3 is 0 Å². The molecule has 0 spiro atoms. The van der Waals surface area contributed by atoms with E-state index in [9.17, 15) is 15.2 Å². The van der Waals surface area contributed by atoms with Crippen LogP contribution in [0.4, 0.5) is 0 Å². The fourth-order valence-electron chi connectivity index (χ4n) is 3.56. The molecule has 0 unspecified atom stereocenters. The van der Waals surface area contributed by atoms with Crippen LogP contribution < -0.4 is 0 Å². The molecule has 2 heterocycles. The zero-order chi connectivity index (χ0) is 20.2. The largest absolute Gasteiger partial charge is 0.506 e.